The van der Waals surface area contributed by atoms with Crippen molar-refractivity contribution in [3.63, 3.8) is 0 Å². The van der Waals surface area contributed by atoms with Crippen LogP contribution in [0.4, 0.5) is 11.4 Å². The van der Waals surface area contributed by atoms with Crippen LogP contribution < -0.4 is 25.8 Å². The molecule has 4 saturated heterocycles. The first kappa shape index (κ1) is 36.9. The van der Waals surface area contributed by atoms with Gasteiger partial charge < -0.3 is 24.8 Å². The van der Waals surface area contributed by atoms with E-state index in [1.165, 1.54) is 10.2 Å². The lowest BCUT2D eigenvalue weighted by Crippen LogP contribution is -2.48. The van der Waals surface area contributed by atoms with Crippen LogP contribution in [-0.4, -0.2) is 96.8 Å². The second-order valence-corrected chi connectivity index (χ2v) is 16.0. The van der Waals surface area contributed by atoms with E-state index in [2.05, 4.69) is 63.8 Å². The smallest absolute Gasteiger partial charge is 0.287 e. The normalized spacial score (nSPS) is 23.5. The molecule has 4 fully saturated rings. The molecule has 1 spiro atoms. The molecule has 12 nitrogen and oxygen atoms in total. The van der Waals surface area contributed by atoms with E-state index in [0.717, 1.165) is 93.8 Å². The highest BCUT2D eigenvalue weighted by atomic mass is 35.5. The first-order valence-electron chi connectivity index (χ1n) is 18.8. The van der Waals surface area contributed by atoms with Gasteiger partial charge >= 0.3 is 0 Å². The lowest BCUT2D eigenvalue weighted by molar-refractivity contribution is -0.134. The standard InChI is InChI=1S/C40H50ClN7O5/c1-25-19-31(30-9-10-35(49)44-37(30)50)34(53-4)21-33(25)47-15-11-40(12-16-47)13-17-48(18-14-40)38(51)27-7-5-26(6-8-27)28-20-29(24-45(2)23-28)43-32-22-42-46(3)39(52)36(32)41/h5-8,19,21-22,28-30,43H,9-18,20,23-24H2,1-4H3,(H,44,49,50)/t28-,29+,30?/m0/s1. The quantitative estimate of drug-likeness (QED) is 0.331. The van der Waals surface area contributed by atoms with E-state index < -0.39 is 5.92 Å². The molecule has 7 rings (SSSR count). The van der Waals surface area contributed by atoms with Gasteiger partial charge in [-0.05, 0) is 93.2 Å². The summed E-state index contributed by atoms with van der Waals surface area (Å²) in [5.74, 6) is 0.180. The summed E-state index contributed by atoms with van der Waals surface area (Å²) in [6.45, 7) is 7.18. The van der Waals surface area contributed by atoms with E-state index in [9.17, 15) is 19.2 Å². The van der Waals surface area contributed by atoms with Crippen LogP contribution in [0.2, 0.25) is 5.02 Å². The lowest BCUT2D eigenvalue weighted by Gasteiger charge is -2.47. The van der Waals surface area contributed by atoms with Crippen LogP contribution in [0.5, 0.6) is 5.75 Å². The summed E-state index contributed by atoms with van der Waals surface area (Å²) in [6.07, 6.45) is 7.42. The number of aryl methyl sites for hydroxylation is 2. The maximum atomic E-state index is 13.7. The fraction of sp³-hybridized carbons (Fsp3) is 0.525. The number of hydrogen-bond acceptors (Lipinski definition) is 9. The monoisotopic (exact) mass is 743 g/mol. The van der Waals surface area contributed by atoms with E-state index >= 15 is 0 Å². The molecule has 2 aromatic carbocycles. The number of likely N-dealkylation sites (tertiary alicyclic amines) is 2. The van der Waals surface area contributed by atoms with Gasteiger partial charge in [-0.15, -0.1) is 0 Å². The number of ether oxygens (including phenoxy) is 1. The number of piperidine rings is 4. The maximum Gasteiger partial charge on any atom is 0.287 e. The van der Waals surface area contributed by atoms with Crippen molar-refractivity contribution in [1.29, 1.82) is 0 Å². The van der Waals surface area contributed by atoms with Gasteiger partial charge in [0, 0.05) is 81.7 Å². The number of rotatable bonds is 7. The molecule has 0 radical (unpaired) electrons. The van der Waals surface area contributed by atoms with Gasteiger partial charge in [-0.3, -0.25) is 24.5 Å². The van der Waals surface area contributed by atoms with Gasteiger partial charge in [0.25, 0.3) is 11.5 Å². The van der Waals surface area contributed by atoms with Crippen molar-refractivity contribution in [3.8, 4) is 5.75 Å². The van der Waals surface area contributed by atoms with Crippen LogP contribution in [0.1, 0.15) is 83.8 Å². The van der Waals surface area contributed by atoms with Crippen molar-refractivity contribution in [3.05, 3.63) is 80.2 Å². The van der Waals surface area contributed by atoms with E-state index in [4.69, 9.17) is 16.3 Å². The number of imide groups is 1. The molecule has 2 N–H and O–H groups in total. The van der Waals surface area contributed by atoms with Gasteiger partial charge in [-0.2, -0.15) is 5.10 Å². The maximum absolute atomic E-state index is 13.7. The third kappa shape index (κ3) is 7.66. The molecule has 4 aliphatic rings. The Labute approximate surface area is 315 Å². The van der Waals surface area contributed by atoms with Crippen molar-refractivity contribution < 1.29 is 19.1 Å². The topological polar surface area (TPSA) is 129 Å². The fourth-order valence-electron chi connectivity index (χ4n) is 8.96. The minimum absolute atomic E-state index is 0.0933. The molecule has 3 aromatic rings. The van der Waals surface area contributed by atoms with Crippen LogP contribution in [0.25, 0.3) is 0 Å². The van der Waals surface area contributed by atoms with Gasteiger partial charge in [-0.1, -0.05) is 23.7 Å². The summed E-state index contributed by atoms with van der Waals surface area (Å²) >= 11 is 6.33. The first-order valence-corrected chi connectivity index (χ1v) is 19.1. The minimum Gasteiger partial charge on any atom is -0.496 e. The molecule has 0 bridgehead atoms. The van der Waals surface area contributed by atoms with Gasteiger partial charge in [0.05, 0.1) is 24.9 Å². The predicted molar refractivity (Wildman–Crippen MR) is 205 cm³/mol. The molecular formula is C40H50ClN7O5. The van der Waals surface area contributed by atoms with Crippen LogP contribution >= 0.6 is 11.6 Å². The largest absolute Gasteiger partial charge is 0.496 e. The van der Waals surface area contributed by atoms with Crippen LogP contribution in [0.3, 0.4) is 0 Å². The molecule has 282 valence electrons. The Hall–Kier alpha value is -4.42. The molecule has 5 heterocycles. The Kier molecular flexibility index (Phi) is 10.5. The third-order valence-corrected chi connectivity index (χ3v) is 12.5. The van der Waals surface area contributed by atoms with Gasteiger partial charge in [0.2, 0.25) is 11.8 Å². The number of aromatic nitrogens is 2. The first-order chi connectivity index (χ1) is 25.4. The second kappa shape index (κ2) is 15.1. The van der Waals surface area contributed by atoms with Gasteiger partial charge in [0.15, 0.2) is 0 Å². The van der Waals surface area contributed by atoms with Crippen LogP contribution in [-0.2, 0) is 16.6 Å². The van der Waals surface area contributed by atoms with Crippen molar-refractivity contribution in [2.24, 2.45) is 12.5 Å². The number of halogens is 1. The zero-order valence-corrected chi connectivity index (χ0v) is 31.9. The third-order valence-electron chi connectivity index (χ3n) is 12.1. The molecule has 0 aliphatic carbocycles. The number of nitrogens with zero attached hydrogens (tertiary/aromatic N) is 5. The zero-order chi connectivity index (χ0) is 37.4. The molecule has 13 heteroatoms. The number of methoxy groups -OCH3 is 1. The molecule has 3 atom stereocenters. The van der Waals surface area contributed by atoms with Gasteiger partial charge in [-0.25, -0.2) is 4.68 Å². The number of likely N-dealkylation sites (N-methyl/N-ethyl adjacent to an activating group) is 1. The van der Waals surface area contributed by atoms with E-state index in [-0.39, 0.29) is 45.7 Å². The molecule has 3 amide bonds. The van der Waals surface area contributed by atoms with Crippen molar-refractivity contribution in [1.82, 2.24) is 24.9 Å². The highest BCUT2D eigenvalue weighted by molar-refractivity contribution is 6.32. The van der Waals surface area contributed by atoms with E-state index in [0.29, 0.717) is 24.3 Å². The fourth-order valence-corrected chi connectivity index (χ4v) is 9.19. The summed E-state index contributed by atoms with van der Waals surface area (Å²) in [6, 6.07) is 12.3. The molecule has 1 aromatic heterocycles. The average molecular weight is 744 g/mol. The van der Waals surface area contributed by atoms with Crippen molar-refractivity contribution in [2.45, 2.75) is 69.7 Å². The highest BCUT2D eigenvalue weighted by Gasteiger charge is 2.39. The molecule has 53 heavy (non-hydrogen) atoms. The summed E-state index contributed by atoms with van der Waals surface area (Å²) in [5, 5.41) is 10.2. The number of carbonyl (C=O) groups excluding carboxylic acids is 3. The highest BCUT2D eigenvalue weighted by Crippen LogP contribution is 2.44. The lowest BCUT2D eigenvalue weighted by atomic mass is 9.71. The number of anilines is 2. The van der Waals surface area contributed by atoms with E-state index in [1.807, 2.05) is 17.0 Å². The molecule has 4 aliphatic heterocycles. The van der Waals surface area contributed by atoms with E-state index in [1.54, 1.807) is 20.4 Å². The summed E-state index contributed by atoms with van der Waals surface area (Å²) in [5.41, 5.74) is 5.44. The Morgan fingerprint density at radius 3 is 2.38 bits per heavy atom. The summed E-state index contributed by atoms with van der Waals surface area (Å²) in [4.78, 5) is 57.0. The average Bonchev–Trinajstić information content (AvgIpc) is 3.15. The number of amides is 3. The second-order valence-electron chi connectivity index (χ2n) is 15.6. The van der Waals surface area contributed by atoms with Crippen LogP contribution in [0, 0.1) is 12.3 Å². The number of hydrogen-bond donors (Lipinski definition) is 2. The summed E-state index contributed by atoms with van der Waals surface area (Å²) < 4.78 is 7.00. The zero-order valence-electron chi connectivity index (χ0n) is 31.1. The van der Waals surface area contributed by atoms with Crippen molar-refractivity contribution >= 4 is 40.7 Å². The summed E-state index contributed by atoms with van der Waals surface area (Å²) in [7, 11) is 5.31. The molecule has 0 saturated carbocycles. The van der Waals surface area contributed by atoms with Crippen LogP contribution in [0.15, 0.2) is 47.4 Å². The Morgan fingerprint density at radius 1 is 1.00 bits per heavy atom. The Balaban J connectivity index is 0.930. The van der Waals surface area contributed by atoms with Gasteiger partial charge in [0.1, 0.15) is 10.8 Å². The Bertz CT molecular complexity index is 1930. The minimum atomic E-state index is -0.390. The number of nitrogens with one attached hydrogen (secondary N) is 2. The predicted octanol–water partition coefficient (Wildman–Crippen LogP) is 4.69. The SMILES string of the molecule is COc1cc(N2CCC3(CCN(C(=O)c4ccc([C@H]5C[C@@H](Nc6cnn(C)c(=O)c6Cl)CN(C)C5)cc4)CC3)CC2)c(C)cc1C1CCC(=O)NC1=O. The molecular weight excluding hydrogens is 694 g/mol. The molecule has 1 unspecified atom stereocenters. The Morgan fingerprint density at radius 2 is 1.70 bits per heavy atom. The number of carbonyl (C=O) groups is 3. The number of benzene rings is 2. The van der Waals surface area contributed by atoms with Crippen molar-refractivity contribution in [2.75, 3.05) is 63.6 Å².